The summed E-state index contributed by atoms with van der Waals surface area (Å²) in [6, 6.07) is 9.31. The SMILES string of the molecule is CN(C(=O)OC(C)(C)C)[C@H](CN)C[C@@H]1CCCOC1.CN(C(=O)OC(C)(C)C)[C@H](CNC(=O)OCc1ccccc1)C[C@@H]1CCCOC1. The molecule has 0 aromatic heterocycles. The molecule has 1 aromatic carbocycles. The number of nitrogens with two attached hydrogens (primary N) is 1. The molecule has 2 aliphatic rings. The molecule has 12 heteroatoms. The standard InChI is InChI=1S/C22H34N2O5.C14H28N2O3/c1-22(2,3)29-21(26)24(4)19(13-18-11-8-12-27-15-18)14-23-20(25)28-16-17-9-6-5-7-10-17;1-14(2,3)19-13(17)16(4)12(9-15)8-11-6-5-7-18-10-11/h5-7,9-10,18-19H,8,11-16H2,1-4H3,(H,23,25);11-12H,5-10,15H2,1-4H3/t18-,19-;11-,12-/m00/s1. The summed E-state index contributed by atoms with van der Waals surface area (Å²) in [6.45, 7) is 15.1. The van der Waals surface area contributed by atoms with Gasteiger partial charge in [-0.1, -0.05) is 30.3 Å². The Kier molecular flexibility index (Phi) is 17.5. The van der Waals surface area contributed by atoms with Gasteiger partial charge in [-0.25, -0.2) is 14.4 Å². The molecule has 4 atom stereocenters. The van der Waals surface area contributed by atoms with Crippen LogP contribution in [-0.4, -0.2) is 105 Å². The zero-order chi connectivity index (χ0) is 35.7. The maximum Gasteiger partial charge on any atom is 0.410 e. The number of likely N-dealkylation sites (N-methyl/N-ethyl adjacent to an activating group) is 2. The summed E-state index contributed by atoms with van der Waals surface area (Å²) in [5, 5.41) is 2.79. The van der Waals surface area contributed by atoms with Gasteiger partial charge < -0.3 is 44.5 Å². The van der Waals surface area contributed by atoms with Crippen molar-refractivity contribution in [3.63, 3.8) is 0 Å². The molecule has 0 bridgehead atoms. The van der Waals surface area contributed by atoms with Gasteiger partial charge >= 0.3 is 18.3 Å². The molecule has 2 aliphatic heterocycles. The Morgan fingerprint density at radius 3 is 1.75 bits per heavy atom. The summed E-state index contributed by atoms with van der Waals surface area (Å²) in [5.41, 5.74) is 5.67. The number of nitrogens with one attached hydrogen (secondary N) is 1. The van der Waals surface area contributed by atoms with Gasteiger partial charge in [-0.05, 0) is 97.5 Å². The Labute approximate surface area is 288 Å². The van der Waals surface area contributed by atoms with Crippen molar-refractivity contribution in [2.45, 2.75) is 110 Å². The van der Waals surface area contributed by atoms with E-state index in [2.05, 4.69) is 5.32 Å². The van der Waals surface area contributed by atoms with Crippen LogP contribution in [0.2, 0.25) is 0 Å². The quantitative estimate of drug-likeness (QED) is 0.271. The first-order valence-electron chi connectivity index (χ1n) is 17.3. The van der Waals surface area contributed by atoms with Gasteiger partial charge in [0.25, 0.3) is 0 Å². The largest absolute Gasteiger partial charge is 0.445 e. The Morgan fingerprint density at radius 2 is 1.31 bits per heavy atom. The van der Waals surface area contributed by atoms with Crippen molar-refractivity contribution in [1.29, 1.82) is 0 Å². The lowest BCUT2D eigenvalue weighted by Crippen LogP contribution is -2.48. The minimum Gasteiger partial charge on any atom is -0.445 e. The molecule has 3 rings (SSSR count). The van der Waals surface area contributed by atoms with E-state index >= 15 is 0 Å². The first kappa shape index (κ1) is 41.1. The topological polar surface area (TPSA) is 142 Å². The molecule has 0 unspecified atom stereocenters. The predicted octanol–water partition coefficient (Wildman–Crippen LogP) is 5.96. The van der Waals surface area contributed by atoms with Gasteiger partial charge in [0, 0.05) is 59.7 Å². The zero-order valence-electron chi connectivity index (χ0n) is 30.6. The van der Waals surface area contributed by atoms with Gasteiger partial charge in [-0.15, -0.1) is 0 Å². The van der Waals surface area contributed by atoms with Crippen molar-refractivity contribution in [3.8, 4) is 0 Å². The molecule has 48 heavy (non-hydrogen) atoms. The molecule has 12 nitrogen and oxygen atoms in total. The van der Waals surface area contributed by atoms with Crippen molar-refractivity contribution < 1.29 is 38.1 Å². The highest BCUT2D eigenvalue weighted by atomic mass is 16.6. The maximum absolute atomic E-state index is 12.5. The number of hydrogen-bond donors (Lipinski definition) is 2. The molecular weight excluding hydrogens is 616 g/mol. The van der Waals surface area contributed by atoms with E-state index in [1.54, 1.807) is 23.9 Å². The smallest absolute Gasteiger partial charge is 0.410 e. The molecule has 2 saturated heterocycles. The number of benzene rings is 1. The Bertz CT molecular complexity index is 1080. The summed E-state index contributed by atoms with van der Waals surface area (Å²) in [6.07, 6.45) is 4.71. The first-order valence-corrected chi connectivity index (χ1v) is 17.3. The second-order valence-electron chi connectivity index (χ2n) is 14.8. The van der Waals surface area contributed by atoms with Crippen molar-refractivity contribution in [1.82, 2.24) is 15.1 Å². The third-order valence-corrected chi connectivity index (χ3v) is 8.15. The van der Waals surface area contributed by atoms with E-state index in [1.807, 2.05) is 71.9 Å². The highest BCUT2D eigenvalue weighted by molar-refractivity contribution is 5.69. The predicted molar refractivity (Wildman–Crippen MR) is 186 cm³/mol. The number of carbonyl (C=O) groups is 3. The fourth-order valence-electron chi connectivity index (χ4n) is 5.49. The minimum atomic E-state index is -0.577. The normalized spacial score (nSPS) is 19.4. The molecule has 0 aliphatic carbocycles. The van der Waals surface area contributed by atoms with Crippen LogP contribution < -0.4 is 11.1 Å². The average Bonchev–Trinajstić information content (AvgIpc) is 3.04. The van der Waals surface area contributed by atoms with E-state index in [0.29, 0.717) is 31.5 Å². The lowest BCUT2D eigenvalue weighted by Gasteiger charge is -2.34. The number of carbonyl (C=O) groups excluding carboxylic acids is 3. The van der Waals surface area contributed by atoms with E-state index in [0.717, 1.165) is 63.9 Å². The first-order chi connectivity index (χ1) is 22.6. The van der Waals surface area contributed by atoms with Crippen molar-refractivity contribution in [2.75, 3.05) is 53.6 Å². The summed E-state index contributed by atoms with van der Waals surface area (Å²) in [7, 11) is 3.47. The fraction of sp³-hybridized carbons (Fsp3) is 0.750. The van der Waals surface area contributed by atoms with Crippen LogP contribution in [0, 0.1) is 11.8 Å². The Hall–Kier alpha value is -3.09. The lowest BCUT2D eigenvalue weighted by molar-refractivity contribution is 0.0108. The molecule has 1 aromatic rings. The highest BCUT2D eigenvalue weighted by Crippen LogP contribution is 2.23. The molecule has 0 radical (unpaired) electrons. The number of alkyl carbamates (subject to hydrolysis) is 1. The zero-order valence-corrected chi connectivity index (χ0v) is 30.6. The fourth-order valence-corrected chi connectivity index (χ4v) is 5.49. The van der Waals surface area contributed by atoms with Crippen LogP contribution in [0.5, 0.6) is 0 Å². The van der Waals surface area contributed by atoms with Crippen LogP contribution in [0.4, 0.5) is 14.4 Å². The monoisotopic (exact) mass is 678 g/mol. The van der Waals surface area contributed by atoms with Gasteiger partial charge in [0.15, 0.2) is 0 Å². The molecular formula is C36H62N4O8. The molecule has 274 valence electrons. The van der Waals surface area contributed by atoms with Crippen molar-refractivity contribution in [2.24, 2.45) is 17.6 Å². The summed E-state index contributed by atoms with van der Waals surface area (Å²) in [5.74, 6) is 0.841. The van der Waals surface area contributed by atoms with Gasteiger partial charge in [0.2, 0.25) is 0 Å². The minimum absolute atomic E-state index is 0.0153. The van der Waals surface area contributed by atoms with Gasteiger partial charge in [0.1, 0.15) is 17.8 Å². The second kappa shape index (κ2) is 20.4. The number of ether oxygens (including phenoxy) is 5. The molecule has 2 fully saturated rings. The van der Waals surface area contributed by atoms with E-state index in [9.17, 15) is 14.4 Å². The Morgan fingerprint density at radius 1 is 0.833 bits per heavy atom. The van der Waals surface area contributed by atoms with Crippen molar-refractivity contribution >= 4 is 18.3 Å². The van der Waals surface area contributed by atoms with E-state index in [-0.39, 0.29) is 24.8 Å². The van der Waals surface area contributed by atoms with Crippen LogP contribution in [0.3, 0.4) is 0 Å². The van der Waals surface area contributed by atoms with Crippen LogP contribution in [0.15, 0.2) is 30.3 Å². The second-order valence-corrected chi connectivity index (χ2v) is 14.8. The molecule has 0 spiro atoms. The van der Waals surface area contributed by atoms with Gasteiger partial charge in [-0.3, -0.25) is 0 Å². The van der Waals surface area contributed by atoms with E-state index in [1.165, 1.54) is 0 Å². The van der Waals surface area contributed by atoms with Crippen LogP contribution >= 0.6 is 0 Å². The van der Waals surface area contributed by atoms with Crippen LogP contribution in [0.1, 0.15) is 85.6 Å². The Balaban J connectivity index is 0.000000365. The number of amides is 3. The van der Waals surface area contributed by atoms with E-state index < -0.39 is 23.4 Å². The summed E-state index contributed by atoms with van der Waals surface area (Å²) in [4.78, 5) is 39.9. The molecule has 3 amide bonds. The van der Waals surface area contributed by atoms with Crippen LogP contribution in [0.25, 0.3) is 0 Å². The summed E-state index contributed by atoms with van der Waals surface area (Å²) < 4.78 is 27.2. The summed E-state index contributed by atoms with van der Waals surface area (Å²) >= 11 is 0. The maximum atomic E-state index is 12.5. The van der Waals surface area contributed by atoms with Gasteiger partial charge in [0.05, 0.1) is 6.04 Å². The molecule has 3 N–H and O–H groups in total. The number of nitrogens with zero attached hydrogens (tertiary/aromatic N) is 2. The number of hydrogen-bond acceptors (Lipinski definition) is 9. The third-order valence-electron chi connectivity index (χ3n) is 8.15. The molecule has 2 heterocycles. The number of rotatable bonds is 11. The average molecular weight is 679 g/mol. The molecule has 0 saturated carbocycles. The lowest BCUT2D eigenvalue weighted by atomic mass is 9.94. The van der Waals surface area contributed by atoms with Crippen molar-refractivity contribution in [3.05, 3.63) is 35.9 Å². The van der Waals surface area contributed by atoms with Crippen LogP contribution in [-0.2, 0) is 30.3 Å². The van der Waals surface area contributed by atoms with Gasteiger partial charge in [-0.2, -0.15) is 0 Å². The van der Waals surface area contributed by atoms with E-state index in [4.69, 9.17) is 29.4 Å². The highest BCUT2D eigenvalue weighted by Gasteiger charge is 2.30. The third kappa shape index (κ3) is 16.8.